The van der Waals surface area contributed by atoms with E-state index in [0.717, 1.165) is 0 Å². The van der Waals surface area contributed by atoms with Crippen molar-refractivity contribution in [1.29, 1.82) is 0 Å². The zero-order valence-corrected chi connectivity index (χ0v) is 11.4. The normalized spacial score (nSPS) is 17.2. The summed E-state index contributed by atoms with van der Waals surface area (Å²) in [5.41, 5.74) is -0.787. The van der Waals surface area contributed by atoms with Gasteiger partial charge < -0.3 is 20.1 Å². The van der Waals surface area contributed by atoms with Gasteiger partial charge in [0.2, 0.25) is 0 Å². The molecule has 0 aliphatic heterocycles. The minimum Gasteiger partial charge on any atom is -0.481 e. The average molecular weight is 272 g/mol. The smallest absolute Gasteiger partial charge is 0.317 e. The van der Waals surface area contributed by atoms with E-state index in [4.69, 9.17) is 5.11 Å². The number of ether oxygens (including phenoxy) is 1. The Bertz CT molecular complexity index is 378. The van der Waals surface area contributed by atoms with E-state index in [1.807, 2.05) is 0 Å². The van der Waals surface area contributed by atoms with Crippen LogP contribution in [0, 0.1) is 11.3 Å². The summed E-state index contributed by atoms with van der Waals surface area (Å²) in [5, 5.41) is 11.6. The Morgan fingerprint density at radius 2 is 2.00 bits per heavy atom. The van der Waals surface area contributed by atoms with Crippen molar-refractivity contribution in [2.75, 3.05) is 27.2 Å². The summed E-state index contributed by atoms with van der Waals surface area (Å²) in [7, 11) is 2.84. The molecule has 0 spiro atoms. The molecular formula is C12H20N2O5. The maximum Gasteiger partial charge on any atom is 0.317 e. The van der Waals surface area contributed by atoms with Crippen molar-refractivity contribution in [3.8, 4) is 0 Å². The number of carboxylic acids is 1. The summed E-state index contributed by atoms with van der Waals surface area (Å²) in [5.74, 6) is -1.68. The van der Waals surface area contributed by atoms with Gasteiger partial charge in [0, 0.05) is 20.1 Å². The Morgan fingerprint density at radius 3 is 2.42 bits per heavy atom. The molecule has 1 saturated carbocycles. The number of methoxy groups -OCH3 is 1. The first-order chi connectivity index (χ1) is 8.82. The quantitative estimate of drug-likeness (QED) is 0.678. The Morgan fingerprint density at radius 1 is 1.42 bits per heavy atom. The maximum absolute atomic E-state index is 11.8. The lowest BCUT2D eigenvalue weighted by molar-refractivity contribution is -0.145. The van der Waals surface area contributed by atoms with Gasteiger partial charge in [0.25, 0.3) is 0 Å². The number of amides is 2. The molecule has 0 heterocycles. The second-order valence-electron chi connectivity index (χ2n) is 5.05. The number of nitrogens with zero attached hydrogens (tertiary/aromatic N) is 1. The number of esters is 1. The molecule has 1 aliphatic rings. The van der Waals surface area contributed by atoms with Crippen LogP contribution < -0.4 is 5.32 Å². The van der Waals surface area contributed by atoms with Gasteiger partial charge >= 0.3 is 18.0 Å². The molecule has 1 fully saturated rings. The first-order valence-corrected chi connectivity index (χ1v) is 6.12. The third-order valence-corrected chi connectivity index (χ3v) is 3.38. The summed E-state index contributed by atoms with van der Waals surface area (Å²) >= 11 is 0. The number of urea groups is 1. The predicted octanol–water partition coefficient (Wildman–Crippen LogP) is 0.302. The van der Waals surface area contributed by atoms with E-state index in [1.165, 1.54) is 12.0 Å². The van der Waals surface area contributed by atoms with Crippen LogP contribution in [0.5, 0.6) is 0 Å². The molecule has 7 nitrogen and oxygen atoms in total. The lowest BCUT2D eigenvalue weighted by Gasteiger charge is -2.21. The third kappa shape index (κ3) is 3.84. The van der Waals surface area contributed by atoms with E-state index in [-0.39, 0.29) is 25.1 Å². The number of aliphatic carboxylic acids is 1. The van der Waals surface area contributed by atoms with Gasteiger partial charge in [-0.3, -0.25) is 9.59 Å². The van der Waals surface area contributed by atoms with E-state index in [1.54, 1.807) is 14.0 Å². The molecular weight excluding hydrogens is 252 g/mol. The van der Waals surface area contributed by atoms with E-state index < -0.39 is 17.3 Å². The Balaban J connectivity index is 2.37. The fraction of sp³-hybridized carbons (Fsp3) is 0.750. The molecule has 0 radical (unpaired) electrons. The first kappa shape index (κ1) is 15.3. The number of rotatable bonds is 6. The molecule has 2 amide bonds. The highest BCUT2D eigenvalue weighted by molar-refractivity contribution is 5.80. The van der Waals surface area contributed by atoms with Crippen molar-refractivity contribution in [3.63, 3.8) is 0 Å². The number of carbonyl (C=O) groups is 3. The van der Waals surface area contributed by atoms with Crippen molar-refractivity contribution in [3.05, 3.63) is 0 Å². The number of hydrogen-bond acceptors (Lipinski definition) is 4. The molecule has 108 valence electrons. The topological polar surface area (TPSA) is 95.9 Å². The highest BCUT2D eigenvalue weighted by Crippen LogP contribution is 2.45. The zero-order chi connectivity index (χ0) is 14.6. The first-order valence-electron chi connectivity index (χ1n) is 6.12. The average Bonchev–Trinajstić information content (AvgIpc) is 3.15. The van der Waals surface area contributed by atoms with Crippen LogP contribution in [0.3, 0.4) is 0 Å². The van der Waals surface area contributed by atoms with Gasteiger partial charge in [-0.05, 0) is 12.8 Å². The molecule has 1 atom stereocenters. The van der Waals surface area contributed by atoms with Crippen molar-refractivity contribution in [1.82, 2.24) is 10.2 Å². The number of hydrogen-bond donors (Lipinski definition) is 2. The van der Waals surface area contributed by atoms with Crippen LogP contribution in [0.15, 0.2) is 0 Å². The molecule has 19 heavy (non-hydrogen) atoms. The summed E-state index contributed by atoms with van der Waals surface area (Å²) in [6.45, 7) is 2.01. The SMILES string of the molecule is COC(=O)C(C)CN(C)C(=O)NCC1(C(=O)O)CC1. The second-order valence-corrected chi connectivity index (χ2v) is 5.05. The predicted molar refractivity (Wildman–Crippen MR) is 66.5 cm³/mol. The Labute approximate surface area is 111 Å². The van der Waals surface area contributed by atoms with Crippen molar-refractivity contribution in [2.24, 2.45) is 11.3 Å². The molecule has 0 saturated heterocycles. The monoisotopic (exact) mass is 272 g/mol. The Hall–Kier alpha value is -1.79. The highest BCUT2D eigenvalue weighted by Gasteiger charge is 2.50. The lowest BCUT2D eigenvalue weighted by Crippen LogP contribution is -2.44. The molecule has 1 rings (SSSR count). The molecule has 0 aromatic heterocycles. The minimum absolute atomic E-state index is 0.123. The van der Waals surface area contributed by atoms with Crippen LogP contribution in [0.25, 0.3) is 0 Å². The van der Waals surface area contributed by atoms with Gasteiger partial charge in [0.1, 0.15) is 0 Å². The van der Waals surface area contributed by atoms with Crippen LogP contribution in [-0.4, -0.2) is 55.2 Å². The van der Waals surface area contributed by atoms with Gasteiger partial charge in [0.05, 0.1) is 18.4 Å². The largest absolute Gasteiger partial charge is 0.481 e. The van der Waals surface area contributed by atoms with E-state index in [2.05, 4.69) is 10.1 Å². The molecule has 0 bridgehead atoms. The van der Waals surface area contributed by atoms with Gasteiger partial charge in [-0.1, -0.05) is 6.92 Å². The second kappa shape index (κ2) is 5.90. The standard InChI is InChI=1S/C12H20N2O5/c1-8(9(15)19-3)6-14(2)11(18)13-7-12(4-5-12)10(16)17/h8H,4-7H2,1-3H3,(H,13,18)(H,16,17). The van der Waals surface area contributed by atoms with Crippen LogP contribution >= 0.6 is 0 Å². The minimum atomic E-state index is -0.876. The van der Waals surface area contributed by atoms with E-state index in [9.17, 15) is 14.4 Å². The van der Waals surface area contributed by atoms with Crippen LogP contribution in [0.1, 0.15) is 19.8 Å². The molecule has 2 N–H and O–H groups in total. The number of carbonyl (C=O) groups excluding carboxylic acids is 2. The van der Waals surface area contributed by atoms with Crippen molar-refractivity contribution in [2.45, 2.75) is 19.8 Å². The third-order valence-electron chi connectivity index (χ3n) is 3.38. The van der Waals surface area contributed by atoms with Gasteiger partial charge in [0.15, 0.2) is 0 Å². The fourth-order valence-corrected chi connectivity index (χ4v) is 1.77. The van der Waals surface area contributed by atoms with Crippen molar-refractivity contribution < 1.29 is 24.2 Å². The summed E-state index contributed by atoms with van der Waals surface area (Å²) in [4.78, 5) is 35.3. The van der Waals surface area contributed by atoms with Crippen molar-refractivity contribution >= 4 is 18.0 Å². The maximum atomic E-state index is 11.8. The molecule has 0 aromatic carbocycles. The molecule has 0 aromatic rings. The summed E-state index contributed by atoms with van der Waals surface area (Å²) in [6.07, 6.45) is 1.18. The molecule has 1 aliphatic carbocycles. The molecule has 7 heteroatoms. The zero-order valence-electron chi connectivity index (χ0n) is 11.4. The van der Waals surface area contributed by atoms with E-state index in [0.29, 0.717) is 12.8 Å². The summed E-state index contributed by atoms with van der Waals surface area (Å²) < 4.78 is 4.57. The van der Waals surface area contributed by atoms with E-state index >= 15 is 0 Å². The van der Waals surface area contributed by atoms with Gasteiger partial charge in [-0.25, -0.2) is 4.79 Å². The molecule has 1 unspecified atom stereocenters. The summed E-state index contributed by atoms with van der Waals surface area (Å²) in [6, 6.07) is -0.386. The van der Waals surface area contributed by atoms with Crippen LogP contribution in [-0.2, 0) is 14.3 Å². The van der Waals surface area contributed by atoms with Crippen LogP contribution in [0.4, 0.5) is 4.79 Å². The van der Waals surface area contributed by atoms with Crippen LogP contribution in [0.2, 0.25) is 0 Å². The Kier molecular flexibility index (Phi) is 4.74. The highest BCUT2D eigenvalue weighted by atomic mass is 16.5. The number of carboxylic acid groups (broad SMARTS) is 1. The number of nitrogens with one attached hydrogen (secondary N) is 1. The lowest BCUT2D eigenvalue weighted by atomic mass is 10.1. The van der Waals surface area contributed by atoms with Gasteiger partial charge in [-0.15, -0.1) is 0 Å². The fourth-order valence-electron chi connectivity index (χ4n) is 1.77. The van der Waals surface area contributed by atoms with Gasteiger partial charge in [-0.2, -0.15) is 0 Å².